The molecule has 4 nitrogen and oxygen atoms in total. The fraction of sp³-hybridized carbons (Fsp3) is 0.923. The maximum Gasteiger partial charge on any atom is 0.323 e. The van der Waals surface area contributed by atoms with Crippen molar-refractivity contribution in [3.63, 3.8) is 0 Å². The zero-order chi connectivity index (χ0) is 12.5. The van der Waals surface area contributed by atoms with E-state index in [4.69, 9.17) is 0 Å². The Morgan fingerprint density at radius 2 is 2.35 bits per heavy atom. The Balaban J connectivity index is 1.94. The first-order chi connectivity index (χ1) is 8.03. The quantitative estimate of drug-likeness (QED) is 0.778. The van der Waals surface area contributed by atoms with Gasteiger partial charge in [-0.15, -0.1) is 0 Å². The van der Waals surface area contributed by atoms with E-state index in [0.29, 0.717) is 12.0 Å². The number of hydrogen-bond donors (Lipinski definition) is 2. The van der Waals surface area contributed by atoms with Gasteiger partial charge < -0.3 is 15.3 Å². The van der Waals surface area contributed by atoms with E-state index in [1.807, 2.05) is 0 Å². The van der Waals surface area contributed by atoms with Crippen molar-refractivity contribution in [1.29, 1.82) is 0 Å². The van der Waals surface area contributed by atoms with E-state index in [-0.39, 0.29) is 0 Å². The molecule has 0 aromatic rings. The second-order valence-electron chi connectivity index (χ2n) is 5.87. The maximum atomic E-state index is 11.5. The standard InChI is InChI=1S/C13H24N2O2/c1-10(2)15-7-4-11(9-15)8-13(12(16)17)5-3-6-14-13/h10-11,14H,3-9H2,1-2H3,(H,16,17). The summed E-state index contributed by atoms with van der Waals surface area (Å²) in [7, 11) is 0. The second kappa shape index (κ2) is 4.94. The molecule has 2 N–H and O–H groups in total. The zero-order valence-electron chi connectivity index (χ0n) is 10.9. The molecule has 0 saturated carbocycles. The number of carbonyl (C=O) groups is 1. The third kappa shape index (κ3) is 2.63. The molecule has 2 fully saturated rings. The lowest BCUT2D eigenvalue weighted by Crippen LogP contribution is -2.49. The Kier molecular flexibility index (Phi) is 3.73. The van der Waals surface area contributed by atoms with Crippen LogP contribution in [0.25, 0.3) is 0 Å². The summed E-state index contributed by atoms with van der Waals surface area (Å²) in [6.07, 6.45) is 3.73. The van der Waals surface area contributed by atoms with Crippen LogP contribution >= 0.6 is 0 Å². The third-order valence-corrected chi connectivity index (χ3v) is 4.34. The van der Waals surface area contributed by atoms with Crippen LogP contribution in [0.5, 0.6) is 0 Å². The van der Waals surface area contributed by atoms with Crippen molar-refractivity contribution in [2.45, 2.75) is 51.1 Å². The highest BCUT2D eigenvalue weighted by molar-refractivity contribution is 5.79. The molecule has 2 heterocycles. The van der Waals surface area contributed by atoms with Gasteiger partial charge in [0, 0.05) is 12.6 Å². The fourth-order valence-electron chi connectivity index (χ4n) is 3.24. The van der Waals surface area contributed by atoms with Crippen molar-refractivity contribution in [3.8, 4) is 0 Å². The Morgan fingerprint density at radius 3 is 2.82 bits per heavy atom. The molecule has 0 radical (unpaired) electrons. The smallest absolute Gasteiger partial charge is 0.323 e. The van der Waals surface area contributed by atoms with E-state index in [2.05, 4.69) is 24.1 Å². The van der Waals surface area contributed by atoms with E-state index < -0.39 is 11.5 Å². The van der Waals surface area contributed by atoms with Crippen LogP contribution < -0.4 is 5.32 Å². The summed E-state index contributed by atoms with van der Waals surface area (Å²) in [6.45, 7) is 7.46. The predicted octanol–water partition coefficient (Wildman–Crippen LogP) is 1.31. The van der Waals surface area contributed by atoms with Gasteiger partial charge in [-0.05, 0) is 58.5 Å². The Hall–Kier alpha value is -0.610. The van der Waals surface area contributed by atoms with Crippen LogP contribution in [0, 0.1) is 5.92 Å². The monoisotopic (exact) mass is 240 g/mol. The first-order valence-electron chi connectivity index (χ1n) is 6.76. The minimum absolute atomic E-state index is 0.541. The topological polar surface area (TPSA) is 52.6 Å². The molecule has 4 heteroatoms. The molecule has 0 bridgehead atoms. The van der Waals surface area contributed by atoms with Crippen LogP contribution in [0.4, 0.5) is 0 Å². The van der Waals surface area contributed by atoms with Crippen LogP contribution in [0.3, 0.4) is 0 Å². The zero-order valence-corrected chi connectivity index (χ0v) is 10.9. The number of carboxylic acids is 1. The van der Waals surface area contributed by atoms with E-state index in [0.717, 1.165) is 45.3 Å². The van der Waals surface area contributed by atoms with Crippen LogP contribution in [0.2, 0.25) is 0 Å². The van der Waals surface area contributed by atoms with Crippen molar-refractivity contribution in [1.82, 2.24) is 10.2 Å². The summed E-state index contributed by atoms with van der Waals surface area (Å²) >= 11 is 0. The molecular weight excluding hydrogens is 216 g/mol. The number of likely N-dealkylation sites (tertiary alicyclic amines) is 1. The van der Waals surface area contributed by atoms with E-state index in [1.165, 1.54) is 0 Å². The number of aliphatic carboxylic acids is 1. The number of hydrogen-bond acceptors (Lipinski definition) is 3. The van der Waals surface area contributed by atoms with Gasteiger partial charge in [0.2, 0.25) is 0 Å². The first-order valence-corrected chi connectivity index (χ1v) is 6.76. The van der Waals surface area contributed by atoms with Crippen LogP contribution in [-0.4, -0.2) is 47.2 Å². The van der Waals surface area contributed by atoms with Gasteiger partial charge >= 0.3 is 5.97 Å². The van der Waals surface area contributed by atoms with E-state index >= 15 is 0 Å². The average molecular weight is 240 g/mol. The normalized spacial score (nSPS) is 34.6. The van der Waals surface area contributed by atoms with Gasteiger partial charge in [0.25, 0.3) is 0 Å². The van der Waals surface area contributed by atoms with Gasteiger partial charge in [0.05, 0.1) is 0 Å². The van der Waals surface area contributed by atoms with Crippen molar-refractivity contribution < 1.29 is 9.90 Å². The highest BCUT2D eigenvalue weighted by atomic mass is 16.4. The lowest BCUT2D eigenvalue weighted by molar-refractivity contribution is -0.145. The third-order valence-electron chi connectivity index (χ3n) is 4.34. The SMILES string of the molecule is CC(C)N1CCC(CC2(C(=O)O)CCCN2)C1. The Labute approximate surface area is 103 Å². The maximum absolute atomic E-state index is 11.5. The molecule has 0 amide bonds. The van der Waals surface area contributed by atoms with Gasteiger partial charge in [0.15, 0.2) is 0 Å². The van der Waals surface area contributed by atoms with Crippen LogP contribution in [-0.2, 0) is 4.79 Å². The number of rotatable bonds is 4. The summed E-state index contributed by atoms with van der Waals surface area (Å²) in [5, 5.41) is 12.6. The van der Waals surface area contributed by atoms with Gasteiger partial charge in [0.1, 0.15) is 5.54 Å². The number of carboxylic acid groups (broad SMARTS) is 1. The molecule has 98 valence electrons. The van der Waals surface area contributed by atoms with Gasteiger partial charge in [-0.3, -0.25) is 4.79 Å². The minimum atomic E-state index is -0.655. The molecule has 0 aromatic carbocycles. The molecule has 0 aromatic heterocycles. The van der Waals surface area contributed by atoms with E-state index in [9.17, 15) is 9.90 Å². The molecule has 2 aliphatic rings. The fourth-order valence-corrected chi connectivity index (χ4v) is 3.24. The highest BCUT2D eigenvalue weighted by Gasteiger charge is 2.43. The predicted molar refractivity (Wildman–Crippen MR) is 67.0 cm³/mol. The van der Waals surface area contributed by atoms with Crippen LogP contribution in [0.15, 0.2) is 0 Å². The molecule has 0 aliphatic carbocycles. The molecule has 2 rings (SSSR count). The lowest BCUT2D eigenvalue weighted by atomic mass is 9.85. The van der Waals surface area contributed by atoms with Crippen molar-refractivity contribution >= 4 is 5.97 Å². The lowest BCUT2D eigenvalue weighted by Gasteiger charge is -2.28. The number of nitrogens with zero attached hydrogens (tertiary/aromatic N) is 1. The Bertz CT molecular complexity index is 285. The minimum Gasteiger partial charge on any atom is -0.480 e. The second-order valence-corrected chi connectivity index (χ2v) is 5.87. The van der Waals surface area contributed by atoms with Crippen molar-refractivity contribution in [2.75, 3.05) is 19.6 Å². The summed E-state index contributed by atoms with van der Waals surface area (Å²) in [4.78, 5) is 13.9. The van der Waals surface area contributed by atoms with Crippen molar-refractivity contribution in [2.24, 2.45) is 5.92 Å². The molecular formula is C13H24N2O2. The van der Waals surface area contributed by atoms with Crippen LogP contribution in [0.1, 0.15) is 39.5 Å². The summed E-state index contributed by atoms with van der Waals surface area (Å²) in [6, 6.07) is 0.581. The molecule has 0 spiro atoms. The number of nitrogens with one attached hydrogen (secondary N) is 1. The van der Waals surface area contributed by atoms with Gasteiger partial charge in [-0.1, -0.05) is 0 Å². The molecule has 2 aliphatic heterocycles. The Morgan fingerprint density at radius 1 is 1.59 bits per heavy atom. The van der Waals surface area contributed by atoms with Gasteiger partial charge in [-0.2, -0.15) is 0 Å². The molecule has 2 atom stereocenters. The largest absolute Gasteiger partial charge is 0.480 e. The van der Waals surface area contributed by atoms with E-state index in [1.54, 1.807) is 0 Å². The van der Waals surface area contributed by atoms with Gasteiger partial charge in [-0.25, -0.2) is 0 Å². The summed E-state index contributed by atoms with van der Waals surface area (Å²) in [5.41, 5.74) is -0.627. The summed E-state index contributed by atoms with van der Waals surface area (Å²) < 4.78 is 0. The highest BCUT2D eigenvalue weighted by Crippen LogP contribution is 2.32. The summed E-state index contributed by atoms with van der Waals surface area (Å²) in [5.74, 6) is -0.114. The average Bonchev–Trinajstić information content (AvgIpc) is 2.88. The van der Waals surface area contributed by atoms with Crippen molar-refractivity contribution in [3.05, 3.63) is 0 Å². The molecule has 17 heavy (non-hydrogen) atoms. The first kappa shape index (κ1) is 12.8. The molecule has 2 saturated heterocycles. The molecule has 2 unspecified atom stereocenters.